The molecule has 0 radical (unpaired) electrons. The molecule has 0 unspecified atom stereocenters. The van der Waals surface area contributed by atoms with Crippen LogP contribution in [0.1, 0.15) is 0 Å². The average Bonchev–Trinajstić information content (AvgIpc) is 1.90. The van der Waals surface area contributed by atoms with Crippen molar-refractivity contribution in [2.45, 2.75) is 3.71 Å². The number of carboxylic acid groups (broad SMARTS) is 1. The zero-order valence-corrected chi connectivity index (χ0v) is 12.5. The van der Waals surface area contributed by atoms with Gasteiger partial charge in [0.15, 0.2) is 0 Å². The van der Waals surface area contributed by atoms with Crippen LogP contribution in [0.4, 0.5) is 0 Å². The topological polar surface area (TPSA) is 37.3 Å². The summed E-state index contributed by atoms with van der Waals surface area (Å²) < 4.78 is 0.167. The monoisotopic (exact) mass is 458 g/mol. The van der Waals surface area contributed by atoms with Crippen LogP contribution in [0.15, 0.2) is 0 Å². The first-order valence-electron chi connectivity index (χ1n) is 1.85. The molecule has 1 aliphatic rings. The Kier molecular flexibility index (Phi) is 4.93. The van der Waals surface area contributed by atoms with Crippen LogP contribution in [0.5, 0.6) is 0 Å². The molecule has 9 heavy (non-hydrogen) atoms. The summed E-state index contributed by atoms with van der Waals surface area (Å²) in [4.78, 5) is 10.4. The first-order valence-corrected chi connectivity index (χ1v) is 21.2. The Hall–Kier alpha value is 2.07. The van der Waals surface area contributed by atoms with E-state index in [9.17, 15) is 4.79 Å². The maximum atomic E-state index is 10.4. The summed E-state index contributed by atoms with van der Waals surface area (Å²) in [5, 5.41) is 8.60. The van der Waals surface area contributed by atoms with Crippen molar-refractivity contribution >= 4 is 66.1 Å². The van der Waals surface area contributed by atoms with E-state index in [1.807, 2.05) is 0 Å². The van der Waals surface area contributed by atoms with Gasteiger partial charge >= 0.3 is 79.8 Å². The average molecular weight is 453 g/mol. The molecule has 1 fully saturated rings. The Morgan fingerprint density at radius 1 is 1.22 bits per heavy atom. The second-order valence-electron chi connectivity index (χ2n) is 1.07. The third-order valence-electron chi connectivity index (χ3n) is 0.511. The Morgan fingerprint density at radius 2 is 1.78 bits per heavy atom. The fourth-order valence-corrected chi connectivity index (χ4v) is 109. The van der Waals surface area contributed by atoms with Crippen LogP contribution in [0.25, 0.3) is 0 Å². The Labute approximate surface area is 78.7 Å². The van der Waals surface area contributed by atoms with Crippen molar-refractivity contribution in [3.63, 3.8) is 0 Å². The molecule has 1 aliphatic heterocycles. The van der Waals surface area contributed by atoms with Crippen molar-refractivity contribution in [3.8, 4) is 0 Å². The molecule has 1 heterocycles. The molecular weight excluding hydrogens is 451 g/mol. The van der Waals surface area contributed by atoms with Gasteiger partial charge in [-0.05, 0) is 0 Å². The quantitative estimate of drug-likeness (QED) is 0.468. The van der Waals surface area contributed by atoms with E-state index in [0.717, 1.165) is 33.9 Å². The fraction of sp³-hybridized carbons (Fsp3) is 0.500. The number of carboxylic acids is 1. The molecule has 52 valence electrons. The van der Waals surface area contributed by atoms with Gasteiger partial charge in [-0.15, -0.1) is 0 Å². The molecule has 0 aromatic heterocycles. The molecular formula is C2H2O2Se5. The minimum absolute atomic E-state index is 0.167. The molecule has 0 amide bonds. The van der Waals surface area contributed by atoms with E-state index in [0.29, 0.717) is 26.3 Å². The summed E-state index contributed by atoms with van der Waals surface area (Å²) in [6.07, 6.45) is 0. The third-order valence-corrected chi connectivity index (χ3v) is 66.2. The van der Waals surface area contributed by atoms with Gasteiger partial charge in [-0.1, -0.05) is 0 Å². The molecule has 0 spiro atoms. The minimum atomic E-state index is -0.505. The molecule has 0 aromatic rings. The van der Waals surface area contributed by atoms with Crippen LogP contribution in [0, 0.1) is 0 Å². The van der Waals surface area contributed by atoms with Gasteiger partial charge < -0.3 is 0 Å². The molecule has 1 N–H and O–H groups in total. The zero-order valence-electron chi connectivity index (χ0n) is 3.97. The number of hydrogen-bond acceptors (Lipinski definition) is 1. The SMILES string of the molecule is O=C(O)C1[Se][Se][Se][Se][Se]1. The van der Waals surface area contributed by atoms with Crippen LogP contribution >= 0.6 is 0 Å². The number of carbonyl (C=O) groups is 1. The maximum absolute atomic E-state index is 10.4. The predicted molar refractivity (Wildman–Crippen MR) is 40.2 cm³/mol. The number of rotatable bonds is 1. The second-order valence-corrected chi connectivity index (χ2v) is 38.0. The van der Waals surface area contributed by atoms with Crippen molar-refractivity contribution in [2.24, 2.45) is 0 Å². The summed E-state index contributed by atoms with van der Waals surface area (Å²) in [6.45, 7) is 0. The van der Waals surface area contributed by atoms with Gasteiger partial charge in [0.05, 0.1) is 0 Å². The van der Waals surface area contributed by atoms with Gasteiger partial charge in [-0.3, -0.25) is 0 Å². The van der Waals surface area contributed by atoms with E-state index in [2.05, 4.69) is 0 Å². The number of aliphatic carboxylic acids is 1. The van der Waals surface area contributed by atoms with Gasteiger partial charge in [0, 0.05) is 0 Å². The molecule has 0 atom stereocenters. The van der Waals surface area contributed by atoms with Crippen molar-refractivity contribution in [2.75, 3.05) is 0 Å². The Balaban J connectivity index is 2.31. The van der Waals surface area contributed by atoms with E-state index in [4.69, 9.17) is 5.11 Å². The molecule has 0 aromatic carbocycles. The van der Waals surface area contributed by atoms with Crippen LogP contribution in [-0.2, 0) is 4.79 Å². The van der Waals surface area contributed by atoms with E-state index < -0.39 is 5.97 Å². The standard InChI is InChI=1S/C2H2O2Se5/c3-1(4)2-5-7-9-8-6-2/h2H,(H,3,4). The second kappa shape index (κ2) is 4.85. The van der Waals surface area contributed by atoms with Gasteiger partial charge in [0.25, 0.3) is 0 Å². The summed E-state index contributed by atoms with van der Waals surface area (Å²) in [5.41, 5.74) is 0. The van der Waals surface area contributed by atoms with Crippen molar-refractivity contribution in [1.82, 2.24) is 0 Å². The first kappa shape index (κ1) is 9.16. The zero-order chi connectivity index (χ0) is 6.69. The van der Waals surface area contributed by atoms with E-state index in [-0.39, 0.29) is 3.71 Å². The molecule has 2 nitrogen and oxygen atoms in total. The van der Waals surface area contributed by atoms with Crippen molar-refractivity contribution in [3.05, 3.63) is 0 Å². The van der Waals surface area contributed by atoms with Crippen LogP contribution in [0.2, 0.25) is 3.71 Å². The fourth-order valence-electron chi connectivity index (χ4n) is 0.213. The summed E-state index contributed by atoms with van der Waals surface area (Å²) in [7, 11) is 0. The molecule has 0 bridgehead atoms. The van der Waals surface area contributed by atoms with Crippen LogP contribution in [0.3, 0.4) is 0 Å². The molecule has 1 rings (SSSR count). The summed E-state index contributed by atoms with van der Waals surface area (Å²) in [5.74, 6) is -0.505. The van der Waals surface area contributed by atoms with Gasteiger partial charge in [0.1, 0.15) is 0 Å². The third kappa shape index (κ3) is 3.31. The summed E-state index contributed by atoms with van der Waals surface area (Å²) >= 11 is 3.58. The first-order chi connectivity index (χ1) is 4.30. The summed E-state index contributed by atoms with van der Waals surface area (Å²) in [6, 6.07) is 0. The van der Waals surface area contributed by atoms with Crippen LogP contribution in [-0.4, -0.2) is 71.3 Å². The van der Waals surface area contributed by atoms with Gasteiger partial charge in [-0.25, -0.2) is 0 Å². The van der Waals surface area contributed by atoms with Gasteiger partial charge in [-0.2, -0.15) is 0 Å². The predicted octanol–water partition coefficient (Wildman–Crippen LogP) is -1.99. The molecule has 7 heteroatoms. The van der Waals surface area contributed by atoms with E-state index in [1.165, 1.54) is 0 Å². The van der Waals surface area contributed by atoms with E-state index >= 15 is 0 Å². The van der Waals surface area contributed by atoms with Crippen molar-refractivity contribution < 1.29 is 9.90 Å². The molecule has 0 aliphatic carbocycles. The Bertz CT molecular complexity index is 110. The Morgan fingerprint density at radius 3 is 2.11 bits per heavy atom. The van der Waals surface area contributed by atoms with Crippen molar-refractivity contribution in [1.29, 1.82) is 0 Å². The van der Waals surface area contributed by atoms with Crippen LogP contribution < -0.4 is 0 Å². The van der Waals surface area contributed by atoms with E-state index in [1.54, 1.807) is 0 Å². The molecule has 0 saturated carbocycles. The number of hydrogen-bond donors (Lipinski definition) is 1. The van der Waals surface area contributed by atoms with Gasteiger partial charge in [0.2, 0.25) is 0 Å². The molecule has 1 saturated heterocycles. The normalized spacial score (nSPS) is 21.8.